The number of anilines is 1. The van der Waals surface area contributed by atoms with E-state index in [1.54, 1.807) is 7.11 Å². The van der Waals surface area contributed by atoms with Crippen LogP contribution in [0.1, 0.15) is 25.7 Å². The van der Waals surface area contributed by atoms with Crippen molar-refractivity contribution in [3.63, 3.8) is 0 Å². The van der Waals surface area contributed by atoms with Crippen LogP contribution in [0, 0.1) is 11.6 Å². The Morgan fingerprint density at radius 3 is 2.77 bits per heavy atom. The van der Waals surface area contributed by atoms with Crippen LogP contribution < -0.4 is 5.32 Å². The summed E-state index contributed by atoms with van der Waals surface area (Å²) in [6.07, 6.45) is 4.44. The summed E-state index contributed by atoms with van der Waals surface area (Å²) in [6, 6.07) is 3.37. The van der Waals surface area contributed by atoms with Crippen LogP contribution in [0.3, 0.4) is 0 Å². The summed E-state index contributed by atoms with van der Waals surface area (Å²) >= 11 is 0. The Bertz CT molecular complexity index is 505. The third-order valence-electron chi connectivity index (χ3n) is 3.97. The molecule has 1 aliphatic carbocycles. The summed E-state index contributed by atoms with van der Waals surface area (Å²) in [5.41, 5.74) is -0.122. The average Bonchev–Trinajstić information content (AvgIpc) is 3.01. The quantitative estimate of drug-likeness (QED) is 0.842. The number of hydrogen-bond acceptors (Lipinski definition) is 3. The lowest BCUT2D eigenvalue weighted by molar-refractivity contribution is -0.118. The van der Waals surface area contributed by atoms with Gasteiger partial charge in [0, 0.05) is 25.8 Å². The number of hydrogen-bond donors (Lipinski definition) is 1. The molecule has 1 aliphatic rings. The first-order valence-electron chi connectivity index (χ1n) is 7.58. The number of amides is 1. The van der Waals surface area contributed by atoms with Gasteiger partial charge in [-0.1, -0.05) is 12.8 Å². The van der Waals surface area contributed by atoms with Crippen molar-refractivity contribution in [3.8, 4) is 0 Å². The van der Waals surface area contributed by atoms with Crippen LogP contribution in [0.25, 0.3) is 0 Å². The molecule has 0 unspecified atom stereocenters. The maximum Gasteiger partial charge on any atom is 0.238 e. The number of halogens is 2. The maximum absolute atomic E-state index is 13.6. The fraction of sp³-hybridized carbons (Fsp3) is 0.562. The molecule has 6 heteroatoms. The van der Waals surface area contributed by atoms with Crippen molar-refractivity contribution < 1.29 is 18.3 Å². The Balaban J connectivity index is 1.96. The number of methoxy groups -OCH3 is 1. The maximum atomic E-state index is 13.6. The summed E-state index contributed by atoms with van der Waals surface area (Å²) < 4.78 is 31.8. The number of nitrogens with zero attached hydrogens (tertiary/aromatic N) is 1. The Hall–Kier alpha value is -1.53. The zero-order chi connectivity index (χ0) is 15.9. The Kier molecular flexibility index (Phi) is 6.27. The number of carbonyl (C=O) groups excluding carboxylic acids is 1. The molecule has 122 valence electrons. The molecule has 0 aromatic heterocycles. The topological polar surface area (TPSA) is 41.6 Å². The van der Waals surface area contributed by atoms with E-state index in [4.69, 9.17) is 4.74 Å². The molecule has 1 aromatic carbocycles. The lowest BCUT2D eigenvalue weighted by Gasteiger charge is -2.27. The minimum Gasteiger partial charge on any atom is -0.383 e. The largest absolute Gasteiger partial charge is 0.383 e. The number of benzene rings is 1. The van der Waals surface area contributed by atoms with Gasteiger partial charge in [0.1, 0.15) is 11.6 Å². The summed E-state index contributed by atoms with van der Waals surface area (Å²) in [7, 11) is 1.62. The van der Waals surface area contributed by atoms with E-state index in [1.165, 1.54) is 0 Å². The zero-order valence-corrected chi connectivity index (χ0v) is 12.8. The first-order chi connectivity index (χ1) is 10.6. The van der Waals surface area contributed by atoms with E-state index in [-0.39, 0.29) is 18.1 Å². The molecule has 0 radical (unpaired) electrons. The molecule has 0 bridgehead atoms. The molecule has 1 amide bonds. The van der Waals surface area contributed by atoms with Gasteiger partial charge >= 0.3 is 0 Å². The number of ether oxygens (including phenoxy) is 1. The minimum atomic E-state index is -0.640. The highest BCUT2D eigenvalue weighted by atomic mass is 19.1. The van der Waals surface area contributed by atoms with Gasteiger partial charge in [-0.25, -0.2) is 8.78 Å². The zero-order valence-electron chi connectivity index (χ0n) is 12.8. The van der Waals surface area contributed by atoms with Crippen LogP contribution in [0.4, 0.5) is 14.5 Å². The Labute approximate surface area is 129 Å². The summed E-state index contributed by atoms with van der Waals surface area (Å²) in [5, 5.41) is 2.44. The van der Waals surface area contributed by atoms with Gasteiger partial charge in [0.25, 0.3) is 0 Å². The van der Waals surface area contributed by atoms with E-state index in [0.29, 0.717) is 19.2 Å². The molecule has 0 heterocycles. The molecule has 0 spiro atoms. The first-order valence-corrected chi connectivity index (χ1v) is 7.58. The van der Waals surface area contributed by atoms with E-state index >= 15 is 0 Å². The second-order valence-electron chi connectivity index (χ2n) is 5.57. The number of rotatable bonds is 7. The van der Waals surface area contributed by atoms with Crippen molar-refractivity contribution in [1.29, 1.82) is 0 Å². The molecule has 4 nitrogen and oxygen atoms in total. The highest BCUT2D eigenvalue weighted by molar-refractivity contribution is 5.92. The molecular weight excluding hydrogens is 290 g/mol. The van der Waals surface area contributed by atoms with Gasteiger partial charge in [-0.05, 0) is 25.0 Å². The summed E-state index contributed by atoms with van der Waals surface area (Å²) in [5.74, 6) is -1.56. The molecule has 22 heavy (non-hydrogen) atoms. The van der Waals surface area contributed by atoms with Gasteiger partial charge in [-0.15, -0.1) is 0 Å². The average molecular weight is 312 g/mol. The standard InChI is InChI=1S/C16H22F2N2O2/c1-22-9-8-20(13-4-2-3-5-13)11-16(21)19-15-10-12(17)6-7-14(15)18/h6-7,10,13H,2-5,8-9,11H2,1H3,(H,19,21). The smallest absolute Gasteiger partial charge is 0.238 e. The van der Waals surface area contributed by atoms with Crippen molar-refractivity contribution >= 4 is 11.6 Å². The predicted octanol–water partition coefficient (Wildman–Crippen LogP) is 2.79. The van der Waals surface area contributed by atoms with E-state index in [2.05, 4.69) is 10.2 Å². The second-order valence-corrected chi connectivity index (χ2v) is 5.57. The fourth-order valence-corrected chi connectivity index (χ4v) is 2.84. The van der Waals surface area contributed by atoms with Gasteiger partial charge in [0.2, 0.25) is 5.91 Å². The monoisotopic (exact) mass is 312 g/mol. The Morgan fingerprint density at radius 2 is 2.09 bits per heavy atom. The number of carbonyl (C=O) groups is 1. The van der Waals surface area contributed by atoms with Crippen LogP contribution >= 0.6 is 0 Å². The van der Waals surface area contributed by atoms with Gasteiger partial charge in [0.15, 0.2) is 0 Å². The van der Waals surface area contributed by atoms with Crippen molar-refractivity contribution in [2.75, 3.05) is 32.1 Å². The van der Waals surface area contributed by atoms with Crippen LogP contribution in [0.2, 0.25) is 0 Å². The van der Waals surface area contributed by atoms with E-state index < -0.39 is 11.6 Å². The van der Waals surface area contributed by atoms with Crippen LogP contribution in [0.5, 0.6) is 0 Å². The fourth-order valence-electron chi connectivity index (χ4n) is 2.84. The Morgan fingerprint density at radius 1 is 1.36 bits per heavy atom. The van der Waals surface area contributed by atoms with Crippen molar-refractivity contribution in [1.82, 2.24) is 4.90 Å². The first kappa shape index (κ1) is 16.8. The number of nitrogens with one attached hydrogen (secondary N) is 1. The van der Waals surface area contributed by atoms with E-state index in [9.17, 15) is 13.6 Å². The molecule has 1 fully saturated rings. The predicted molar refractivity (Wildman–Crippen MR) is 80.7 cm³/mol. The third kappa shape index (κ3) is 4.74. The molecule has 1 saturated carbocycles. The van der Waals surface area contributed by atoms with Crippen molar-refractivity contribution in [2.45, 2.75) is 31.7 Å². The van der Waals surface area contributed by atoms with Crippen LogP contribution in [-0.2, 0) is 9.53 Å². The molecular formula is C16H22F2N2O2. The second kappa shape index (κ2) is 8.19. The minimum absolute atomic E-state index is 0.122. The summed E-state index contributed by atoms with van der Waals surface area (Å²) in [4.78, 5) is 14.2. The highest BCUT2D eigenvalue weighted by Crippen LogP contribution is 2.23. The normalized spacial score (nSPS) is 15.5. The van der Waals surface area contributed by atoms with Crippen molar-refractivity contribution in [2.24, 2.45) is 0 Å². The molecule has 2 rings (SSSR count). The highest BCUT2D eigenvalue weighted by Gasteiger charge is 2.24. The molecule has 0 atom stereocenters. The van der Waals surface area contributed by atoms with Gasteiger partial charge < -0.3 is 10.1 Å². The van der Waals surface area contributed by atoms with E-state index in [0.717, 1.165) is 43.9 Å². The van der Waals surface area contributed by atoms with Crippen LogP contribution in [0.15, 0.2) is 18.2 Å². The summed E-state index contributed by atoms with van der Waals surface area (Å²) in [6.45, 7) is 1.35. The third-order valence-corrected chi connectivity index (χ3v) is 3.97. The SMILES string of the molecule is COCCN(CC(=O)Nc1cc(F)ccc1F)C1CCCC1. The van der Waals surface area contributed by atoms with Gasteiger partial charge in [0.05, 0.1) is 18.8 Å². The van der Waals surface area contributed by atoms with E-state index in [1.807, 2.05) is 0 Å². The van der Waals surface area contributed by atoms with Crippen molar-refractivity contribution in [3.05, 3.63) is 29.8 Å². The van der Waals surface area contributed by atoms with Crippen LogP contribution in [-0.4, -0.2) is 43.7 Å². The van der Waals surface area contributed by atoms with Gasteiger partial charge in [-0.2, -0.15) is 0 Å². The molecule has 1 N–H and O–H groups in total. The molecule has 0 saturated heterocycles. The lowest BCUT2D eigenvalue weighted by Crippen LogP contribution is -2.41. The molecule has 0 aliphatic heterocycles. The lowest BCUT2D eigenvalue weighted by atomic mass is 10.2. The molecule has 1 aromatic rings. The van der Waals surface area contributed by atoms with Gasteiger partial charge in [-0.3, -0.25) is 9.69 Å².